The Morgan fingerprint density at radius 2 is 1.94 bits per heavy atom. The van der Waals surface area contributed by atoms with Crippen molar-refractivity contribution in [3.8, 4) is 0 Å². The molecule has 0 radical (unpaired) electrons. The zero-order valence-electron chi connectivity index (χ0n) is 10.5. The number of nitrogens with zero attached hydrogens (tertiary/aromatic N) is 1. The zero-order valence-corrected chi connectivity index (χ0v) is 10.5. The van der Waals surface area contributed by atoms with Gasteiger partial charge in [0.1, 0.15) is 0 Å². The lowest BCUT2D eigenvalue weighted by Gasteiger charge is -2.31. The first-order valence-electron chi connectivity index (χ1n) is 6.41. The van der Waals surface area contributed by atoms with Crippen molar-refractivity contribution in [2.45, 2.75) is 18.9 Å². The van der Waals surface area contributed by atoms with Crippen LogP contribution in [0.5, 0.6) is 0 Å². The Morgan fingerprint density at radius 3 is 2.50 bits per heavy atom. The smallest absolute Gasteiger partial charge is 0.220 e. The van der Waals surface area contributed by atoms with E-state index in [0.717, 1.165) is 31.5 Å². The molecule has 1 saturated heterocycles. The molecule has 4 nitrogen and oxygen atoms in total. The molecule has 1 amide bonds. The molecule has 1 atom stereocenters. The Balaban J connectivity index is 1.83. The van der Waals surface area contributed by atoms with Crippen LogP contribution in [0.2, 0.25) is 0 Å². The fourth-order valence-electron chi connectivity index (χ4n) is 2.43. The van der Waals surface area contributed by atoms with E-state index in [9.17, 15) is 9.90 Å². The standard InChI is InChI=1S/C14H20N2O2/c15-14(18)12-6-8-16(9-7-12)10-13(17)11-4-2-1-3-5-11/h1-5,12-13,17H,6-10H2,(H2,15,18)/t13-/m1/s1. The molecule has 2 rings (SSSR count). The van der Waals surface area contributed by atoms with Gasteiger partial charge >= 0.3 is 0 Å². The van der Waals surface area contributed by atoms with Crippen molar-refractivity contribution in [3.63, 3.8) is 0 Å². The number of hydrogen-bond acceptors (Lipinski definition) is 3. The molecule has 0 bridgehead atoms. The first-order valence-corrected chi connectivity index (χ1v) is 6.41. The molecule has 0 spiro atoms. The van der Waals surface area contributed by atoms with Gasteiger partial charge in [-0.15, -0.1) is 0 Å². The number of aliphatic hydroxyl groups excluding tert-OH is 1. The van der Waals surface area contributed by atoms with E-state index in [4.69, 9.17) is 5.73 Å². The van der Waals surface area contributed by atoms with Gasteiger partial charge in [0.2, 0.25) is 5.91 Å². The van der Waals surface area contributed by atoms with Crippen LogP contribution in [0.3, 0.4) is 0 Å². The molecule has 1 fully saturated rings. The summed E-state index contributed by atoms with van der Waals surface area (Å²) < 4.78 is 0. The molecular formula is C14H20N2O2. The van der Waals surface area contributed by atoms with Crippen LogP contribution in [0.25, 0.3) is 0 Å². The van der Waals surface area contributed by atoms with Gasteiger partial charge in [-0.2, -0.15) is 0 Å². The van der Waals surface area contributed by atoms with Crippen LogP contribution in [-0.4, -0.2) is 35.5 Å². The second-order valence-electron chi connectivity index (χ2n) is 4.90. The normalized spacial score (nSPS) is 19.6. The maximum atomic E-state index is 11.1. The number of hydrogen-bond donors (Lipinski definition) is 2. The number of carbonyl (C=O) groups excluding carboxylic acids is 1. The van der Waals surface area contributed by atoms with E-state index in [2.05, 4.69) is 4.90 Å². The molecule has 0 saturated carbocycles. The molecule has 0 unspecified atom stereocenters. The fraction of sp³-hybridized carbons (Fsp3) is 0.500. The third-order valence-corrected chi connectivity index (χ3v) is 3.61. The lowest BCUT2D eigenvalue weighted by atomic mass is 9.96. The van der Waals surface area contributed by atoms with Gasteiger partial charge in [0.25, 0.3) is 0 Å². The Labute approximate surface area is 107 Å². The Morgan fingerprint density at radius 1 is 1.33 bits per heavy atom. The highest BCUT2D eigenvalue weighted by atomic mass is 16.3. The topological polar surface area (TPSA) is 66.6 Å². The average molecular weight is 248 g/mol. The predicted molar refractivity (Wildman–Crippen MR) is 69.8 cm³/mol. The molecule has 18 heavy (non-hydrogen) atoms. The van der Waals surface area contributed by atoms with Crippen molar-refractivity contribution in [2.75, 3.05) is 19.6 Å². The van der Waals surface area contributed by atoms with E-state index in [1.165, 1.54) is 0 Å². The second kappa shape index (κ2) is 5.98. The first kappa shape index (κ1) is 13.1. The van der Waals surface area contributed by atoms with Gasteiger partial charge in [0.15, 0.2) is 0 Å². The number of rotatable bonds is 4. The molecule has 1 aliphatic rings. The predicted octanol–water partition coefficient (Wildman–Crippen LogP) is 0.917. The minimum Gasteiger partial charge on any atom is -0.387 e. The summed E-state index contributed by atoms with van der Waals surface area (Å²) in [7, 11) is 0. The lowest BCUT2D eigenvalue weighted by Crippen LogP contribution is -2.40. The van der Waals surface area contributed by atoms with Crippen molar-refractivity contribution in [2.24, 2.45) is 11.7 Å². The van der Waals surface area contributed by atoms with Crippen molar-refractivity contribution >= 4 is 5.91 Å². The second-order valence-corrected chi connectivity index (χ2v) is 4.90. The van der Waals surface area contributed by atoms with E-state index < -0.39 is 6.10 Å². The molecule has 98 valence electrons. The summed E-state index contributed by atoms with van der Waals surface area (Å²) >= 11 is 0. The van der Waals surface area contributed by atoms with Gasteiger partial charge < -0.3 is 15.7 Å². The van der Waals surface area contributed by atoms with Crippen molar-refractivity contribution in [3.05, 3.63) is 35.9 Å². The SMILES string of the molecule is NC(=O)C1CCN(C[C@@H](O)c2ccccc2)CC1. The summed E-state index contributed by atoms with van der Waals surface area (Å²) in [6.07, 6.45) is 1.14. The van der Waals surface area contributed by atoms with Crippen molar-refractivity contribution in [1.29, 1.82) is 0 Å². The number of amides is 1. The van der Waals surface area contributed by atoms with E-state index in [0.29, 0.717) is 6.54 Å². The number of carbonyl (C=O) groups is 1. The highest BCUT2D eigenvalue weighted by Gasteiger charge is 2.24. The van der Waals surface area contributed by atoms with Crippen LogP contribution >= 0.6 is 0 Å². The fourth-order valence-corrected chi connectivity index (χ4v) is 2.43. The van der Waals surface area contributed by atoms with Crippen molar-refractivity contribution in [1.82, 2.24) is 4.90 Å². The first-order chi connectivity index (χ1) is 8.66. The van der Waals surface area contributed by atoms with Crippen LogP contribution < -0.4 is 5.73 Å². The molecular weight excluding hydrogens is 228 g/mol. The molecule has 1 heterocycles. The average Bonchev–Trinajstić information content (AvgIpc) is 2.40. The lowest BCUT2D eigenvalue weighted by molar-refractivity contribution is -0.123. The summed E-state index contributed by atoms with van der Waals surface area (Å²) in [6, 6.07) is 9.66. The minimum absolute atomic E-state index is 0.00937. The third kappa shape index (κ3) is 3.31. The Hall–Kier alpha value is -1.39. The van der Waals surface area contributed by atoms with Gasteiger partial charge in [-0.3, -0.25) is 4.79 Å². The van der Waals surface area contributed by atoms with Crippen LogP contribution in [0.1, 0.15) is 24.5 Å². The largest absolute Gasteiger partial charge is 0.387 e. The van der Waals surface area contributed by atoms with Crippen LogP contribution in [0, 0.1) is 5.92 Å². The van der Waals surface area contributed by atoms with Gasteiger partial charge in [0.05, 0.1) is 6.10 Å². The monoisotopic (exact) mass is 248 g/mol. The molecule has 0 aromatic heterocycles. The highest BCUT2D eigenvalue weighted by Crippen LogP contribution is 2.20. The molecule has 0 aliphatic carbocycles. The molecule has 1 aliphatic heterocycles. The molecule has 4 heteroatoms. The molecule has 1 aromatic carbocycles. The summed E-state index contributed by atoms with van der Waals surface area (Å²) in [6.45, 7) is 2.28. The zero-order chi connectivity index (χ0) is 13.0. The third-order valence-electron chi connectivity index (χ3n) is 3.61. The summed E-state index contributed by atoms with van der Waals surface area (Å²) in [5.74, 6) is -0.187. The number of β-amino-alcohol motifs (C(OH)–C–C–N with tert-alkyl or cyclic N) is 1. The number of piperidine rings is 1. The Kier molecular flexibility index (Phi) is 4.33. The van der Waals surface area contributed by atoms with Crippen LogP contribution in [-0.2, 0) is 4.79 Å². The van der Waals surface area contributed by atoms with Gasteiger partial charge in [-0.1, -0.05) is 30.3 Å². The number of nitrogens with two attached hydrogens (primary N) is 1. The number of aliphatic hydroxyl groups is 1. The van der Waals surface area contributed by atoms with Gasteiger partial charge in [-0.05, 0) is 31.5 Å². The minimum atomic E-state index is -0.462. The quantitative estimate of drug-likeness (QED) is 0.832. The van der Waals surface area contributed by atoms with E-state index in [-0.39, 0.29) is 11.8 Å². The maximum Gasteiger partial charge on any atom is 0.220 e. The molecule has 3 N–H and O–H groups in total. The molecule has 1 aromatic rings. The number of benzene rings is 1. The van der Waals surface area contributed by atoms with Crippen LogP contribution in [0.15, 0.2) is 30.3 Å². The number of primary amides is 1. The van der Waals surface area contributed by atoms with E-state index >= 15 is 0 Å². The maximum absolute atomic E-state index is 11.1. The van der Waals surface area contributed by atoms with E-state index in [1.54, 1.807) is 0 Å². The summed E-state index contributed by atoms with van der Waals surface area (Å²) in [4.78, 5) is 13.3. The highest BCUT2D eigenvalue weighted by molar-refractivity contribution is 5.76. The summed E-state index contributed by atoms with van der Waals surface area (Å²) in [5.41, 5.74) is 6.24. The van der Waals surface area contributed by atoms with E-state index in [1.807, 2.05) is 30.3 Å². The van der Waals surface area contributed by atoms with Crippen molar-refractivity contribution < 1.29 is 9.90 Å². The Bertz CT molecular complexity index is 386. The summed E-state index contributed by atoms with van der Waals surface area (Å²) in [5, 5.41) is 10.1. The van der Waals surface area contributed by atoms with Gasteiger partial charge in [-0.25, -0.2) is 0 Å². The van der Waals surface area contributed by atoms with Gasteiger partial charge in [0, 0.05) is 12.5 Å². The number of likely N-dealkylation sites (tertiary alicyclic amines) is 1. The van der Waals surface area contributed by atoms with Crippen LogP contribution in [0.4, 0.5) is 0 Å².